The quantitative estimate of drug-likeness (QED) is 0.766. The van der Waals surface area contributed by atoms with E-state index < -0.39 is 0 Å². The fourth-order valence-electron chi connectivity index (χ4n) is 2.51. The second-order valence-corrected chi connectivity index (χ2v) is 7.13. The van der Waals surface area contributed by atoms with Crippen molar-refractivity contribution in [3.05, 3.63) is 57.0 Å². The van der Waals surface area contributed by atoms with E-state index in [1.165, 1.54) is 0 Å². The minimum absolute atomic E-state index is 0.0288. The highest BCUT2D eigenvalue weighted by molar-refractivity contribution is 9.10. The van der Waals surface area contributed by atoms with Gasteiger partial charge in [0.05, 0.1) is 14.2 Å². The number of hydrogen-bond donors (Lipinski definition) is 2. The summed E-state index contributed by atoms with van der Waals surface area (Å²) in [4.78, 5) is 13.3. The molecular formula is C18H21BrClN2O2+. The molecule has 0 aromatic heterocycles. The summed E-state index contributed by atoms with van der Waals surface area (Å²) in [6, 6.07) is 11.3. The smallest absolute Gasteiger partial charge is 0.279 e. The lowest BCUT2D eigenvalue weighted by molar-refractivity contribution is -0.885. The van der Waals surface area contributed by atoms with Gasteiger partial charge in [-0.05, 0) is 48.9 Å². The SMILES string of the molecule is COc1ccc(Cl)cc1C[NH+](C)CC(=O)Nc1ccc(Br)cc1C. The van der Waals surface area contributed by atoms with E-state index in [-0.39, 0.29) is 5.91 Å². The van der Waals surface area contributed by atoms with Gasteiger partial charge < -0.3 is 15.0 Å². The van der Waals surface area contributed by atoms with Gasteiger partial charge in [-0.3, -0.25) is 4.79 Å². The number of carbonyl (C=O) groups is 1. The summed E-state index contributed by atoms with van der Waals surface area (Å²) in [6.07, 6.45) is 0. The van der Waals surface area contributed by atoms with Crippen LogP contribution in [0.1, 0.15) is 11.1 Å². The molecule has 2 N–H and O–H groups in total. The molecule has 1 unspecified atom stereocenters. The van der Waals surface area contributed by atoms with Crippen molar-refractivity contribution < 1.29 is 14.4 Å². The second-order valence-electron chi connectivity index (χ2n) is 5.77. The Labute approximate surface area is 155 Å². The van der Waals surface area contributed by atoms with Crippen molar-refractivity contribution in [2.24, 2.45) is 0 Å². The standard InChI is InChI=1S/C18H20BrClN2O2/c1-12-8-14(19)4-6-16(12)21-18(23)11-22(2)10-13-9-15(20)5-7-17(13)24-3/h4-9H,10-11H2,1-3H3,(H,21,23)/p+1. The maximum absolute atomic E-state index is 12.3. The first-order chi connectivity index (χ1) is 11.4. The number of likely N-dealkylation sites (N-methyl/N-ethyl adjacent to an activating group) is 1. The minimum atomic E-state index is -0.0288. The lowest BCUT2D eigenvalue weighted by Gasteiger charge is -2.16. The number of rotatable bonds is 6. The van der Waals surface area contributed by atoms with E-state index >= 15 is 0 Å². The van der Waals surface area contributed by atoms with Crippen LogP contribution in [-0.4, -0.2) is 26.6 Å². The van der Waals surface area contributed by atoms with Crippen LogP contribution >= 0.6 is 27.5 Å². The predicted octanol–water partition coefficient (Wildman–Crippen LogP) is 3.07. The number of benzene rings is 2. The van der Waals surface area contributed by atoms with Gasteiger partial charge in [-0.2, -0.15) is 0 Å². The van der Waals surface area contributed by atoms with E-state index in [0.717, 1.165) is 31.9 Å². The number of anilines is 1. The first-order valence-corrected chi connectivity index (χ1v) is 8.76. The van der Waals surface area contributed by atoms with Gasteiger partial charge in [0, 0.05) is 20.7 Å². The number of quaternary nitrogens is 1. The van der Waals surface area contributed by atoms with Crippen molar-refractivity contribution in [3.8, 4) is 5.75 Å². The summed E-state index contributed by atoms with van der Waals surface area (Å²) in [6.45, 7) is 2.97. The summed E-state index contributed by atoms with van der Waals surface area (Å²) in [7, 11) is 3.60. The molecule has 4 nitrogen and oxygen atoms in total. The van der Waals surface area contributed by atoms with Crippen molar-refractivity contribution in [1.82, 2.24) is 0 Å². The Morgan fingerprint density at radius 2 is 2.04 bits per heavy atom. The van der Waals surface area contributed by atoms with E-state index in [0.29, 0.717) is 18.1 Å². The molecule has 0 bridgehead atoms. The van der Waals surface area contributed by atoms with E-state index in [1.54, 1.807) is 13.2 Å². The average molecular weight is 413 g/mol. The number of methoxy groups -OCH3 is 1. The van der Waals surface area contributed by atoms with Gasteiger partial charge in [0.1, 0.15) is 12.3 Å². The first-order valence-electron chi connectivity index (χ1n) is 7.58. The van der Waals surface area contributed by atoms with Crippen molar-refractivity contribution in [2.75, 3.05) is 26.0 Å². The topological polar surface area (TPSA) is 42.8 Å². The zero-order chi connectivity index (χ0) is 17.7. The molecule has 2 rings (SSSR count). The third-order valence-electron chi connectivity index (χ3n) is 3.66. The molecule has 0 heterocycles. The van der Waals surface area contributed by atoms with E-state index in [2.05, 4.69) is 21.2 Å². The van der Waals surface area contributed by atoms with Crippen molar-refractivity contribution in [3.63, 3.8) is 0 Å². The molecule has 1 atom stereocenters. The number of amides is 1. The van der Waals surface area contributed by atoms with E-state index in [4.69, 9.17) is 16.3 Å². The molecule has 0 aliphatic rings. The van der Waals surface area contributed by atoms with Crippen LogP contribution in [0.15, 0.2) is 40.9 Å². The van der Waals surface area contributed by atoms with Crippen LogP contribution < -0.4 is 15.0 Å². The highest BCUT2D eigenvalue weighted by Gasteiger charge is 2.14. The summed E-state index contributed by atoms with van der Waals surface area (Å²) >= 11 is 9.47. The molecule has 0 radical (unpaired) electrons. The fraction of sp³-hybridized carbons (Fsp3) is 0.278. The highest BCUT2D eigenvalue weighted by Crippen LogP contribution is 2.22. The van der Waals surface area contributed by atoms with Crippen LogP contribution in [0.2, 0.25) is 5.02 Å². The maximum atomic E-state index is 12.3. The minimum Gasteiger partial charge on any atom is -0.496 e. The van der Waals surface area contributed by atoms with E-state index in [9.17, 15) is 4.79 Å². The molecule has 2 aromatic carbocycles. The molecular weight excluding hydrogens is 392 g/mol. The Morgan fingerprint density at radius 3 is 2.71 bits per heavy atom. The second kappa shape index (κ2) is 8.51. The van der Waals surface area contributed by atoms with Gasteiger partial charge in [0.25, 0.3) is 5.91 Å². The average Bonchev–Trinajstić information content (AvgIpc) is 2.50. The fourth-order valence-corrected chi connectivity index (χ4v) is 3.18. The predicted molar refractivity (Wildman–Crippen MR) is 101 cm³/mol. The summed E-state index contributed by atoms with van der Waals surface area (Å²) in [5.41, 5.74) is 2.83. The number of nitrogens with one attached hydrogen (secondary N) is 2. The first kappa shape index (κ1) is 18.8. The largest absolute Gasteiger partial charge is 0.496 e. The molecule has 0 spiro atoms. The lowest BCUT2D eigenvalue weighted by Crippen LogP contribution is -3.08. The molecule has 24 heavy (non-hydrogen) atoms. The molecule has 128 valence electrons. The van der Waals surface area contributed by atoms with Crippen LogP contribution in [0.3, 0.4) is 0 Å². The van der Waals surface area contributed by atoms with Crippen molar-refractivity contribution in [2.45, 2.75) is 13.5 Å². The maximum Gasteiger partial charge on any atom is 0.279 e. The van der Waals surface area contributed by atoms with Crippen LogP contribution in [0.4, 0.5) is 5.69 Å². The van der Waals surface area contributed by atoms with Crippen molar-refractivity contribution >= 4 is 39.1 Å². The third kappa shape index (κ3) is 5.23. The van der Waals surface area contributed by atoms with Crippen molar-refractivity contribution in [1.29, 1.82) is 0 Å². The normalized spacial score (nSPS) is 11.9. The number of halogens is 2. The zero-order valence-electron chi connectivity index (χ0n) is 14.0. The number of carbonyl (C=O) groups excluding carboxylic acids is 1. The molecule has 1 amide bonds. The molecule has 0 aliphatic heterocycles. The van der Waals surface area contributed by atoms with Gasteiger partial charge in [-0.1, -0.05) is 27.5 Å². The van der Waals surface area contributed by atoms with Gasteiger partial charge in [0.15, 0.2) is 6.54 Å². The van der Waals surface area contributed by atoms with Gasteiger partial charge in [-0.25, -0.2) is 0 Å². The molecule has 0 saturated heterocycles. The molecule has 0 saturated carbocycles. The Bertz CT molecular complexity index is 737. The van der Waals surface area contributed by atoms with Crippen LogP contribution in [0, 0.1) is 6.92 Å². The Kier molecular flexibility index (Phi) is 6.66. The van der Waals surface area contributed by atoms with Gasteiger partial charge >= 0.3 is 0 Å². The Hall–Kier alpha value is -1.56. The summed E-state index contributed by atoms with van der Waals surface area (Å²) in [5, 5.41) is 3.62. The molecule has 0 fully saturated rings. The number of aryl methyl sites for hydroxylation is 1. The Morgan fingerprint density at radius 1 is 1.29 bits per heavy atom. The zero-order valence-corrected chi connectivity index (χ0v) is 16.3. The molecule has 6 heteroatoms. The van der Waals surface area contributed by atoms with E-state index in [1.807, 2.05) is 44.3 Å². The molecule has 0 aliphatic carbocycles. The van der Waals surface area contributed by atoms with Crippen LogP contribution in [0.25, 0.3) is 0 Å². The van der Waals surface area contributed by atoms with Gasteiger partial charge in [-0.15, -0.1) is 0 Å². The highest BCUT2D eigenvalue weighted by atomic mass is 79.9. The molecule has 2 aromatic rings. The number of ether oxygens (including phenoxy) is 1. The summed E-state index contributed by atoms with van der Waals surface area (Å²) < 4.78 is 6.35. The summed E-state index contributed by atoms with van der Waals surface area (Å²) in [5.74, 6) is 0.752. The van der Waals surface area contributed by atoms with Gasteiger partial charge in [0.2, 0.25) is 0 Å². The monoisotopic (exact) mass is 411 g/mol. The Balaban J connectivity index is 1.98. The number of hydrogen-bond acceptors (Lipinski definition) is 2. The van der Waals surface area contributed by atoms with Crippen LogP contribution in [0.5, 0.6) is 5.75 Å². The van der Waals surface area contributed by atoms with Crippen LogP contribution in [-0.2, 0) is 11.3 Å². The lowest BCUT2D eigenvalue weighted by atomic mass is 10.2. The third-order valence-corrected chi connectivity index (χ3v) is 4.39.